The molecule has 0 aliphatic rings. The van der Waals surface area contributed by atoms with Gasteiger partial charge in [0.15, 0.2) is 0 Å². The van der Waals surface area contributed by atoms with Crippen molar-refractivity contribution in [1.29, 1.82) is 0 Å². The number of rotatable bonds is 9. The number of carbonyl (C=O) groups is 1. The largest absolute Gasteiger partial charge is 0.461 e. The van der Waals surface area contributed by atoms with Crippen LogP contribution in [-0.2, 0) is 24.0 Å². The normalized spacial score (nSPS) is 14.4. The minimum Gasteiger partial charge on any atom is -0.461 e. The summed E-state index contributed by atoms with van der Waals surface area (Å²) in [6, 6.07) is 0. The molecular formula is C11H12F9NO5S. The molecule has 0 aromatic rings. The van der Waals surface area contributed by atoms with Crippen LogP contribution in [0.25, 0.3) is 0 Å². The number of halogens is 9. The molecule has 0 amide bonds. The molecule has 0 aromatic carbocycles. The number of likely N-dealkylation sites (N-methyl/N-ethyl adjacent to an activating group) is 1. The Balaban J connectivity index is 5.35. The number of hydrogen-bond acceptors (Lipinski definition) is 5. The Morgan fingerprint density at radius 2 is 1.44 bits per heavy atom. The summed E-state index contributed by atoms with van der Waals surface area (Å²) in [6.07, 6.45) is -13.9. The highest BCUT2D eigenvalue weighted by atomic mass is 32.2. The average molecular weight is 441 g/mol. The maximum atomic E-state index is 13.2. The molecule has 0 fully saturated rings. The van der Waals surface area contributed by atoms with Crippen LogP contribution in [0, 0.1) is 0 Å². The molecule has 0 saturated heterocycles. The van der Waals surface area contributed by atoms with E-state index in [1.807, 2.05) is 0 Å². The van der Waals surface area contributed by atoms with Gasteiger partial charge in [-0.05, 0) is 6.92 Å². The van der Waals surface area contributed by atoms with E-state index in [0.29, 0.717) is 7.05 Å². The third-order valence-electron chi connectivity index (χ3n) is 2.70. The minimum absolute atomic E-state index is 0.141. The van der Waals surface area contributed by atoms with E-state index < -0.39 is 53.6 Å². The van der Waals surface area contributed by atoms with Crippen LogP contribution in [0.3, 0.4) is 0 Å². The Labute approximate surface area is 146 Å². The summed E-state index contributed by atoms with van der Waals surface area (Å²) in [5.74, 6) is -15.6. The van der Waals surface area contributed by atoms with Crippen LogP contribution in [-0.4, -0.2) is 63.0 Å². The van der Waals surface area contributed by atoms with Crippen molar-refractivity contribution in [3.8, 4) is 0 Å². The highest BCUT2D eigenvalue weighted by molar-refractivity contribution is 7.84. The fourth-order valence-corrected chi connectivity index (χ4v) is 1.91. The van der Waals surface area contributed by atoms with E-state index in [4.69, 9.17) is 0 Å². The van der Waals surface area contributed by atoms with Crippen molar-refractivity contribution in [2.75, 3.05) is 20.2 Å². The molecule has 0 bridgehead atoms. The molecule has 0 radical (unpaired) electrons. The number of ether oxygens (including phenoxy) is 1. The molecule has 6 nitrogen and oxygen atoms in total. The van der Waals surface area contributed by atoms with Gasteiger partial charge in [-0.1, -0.05) is 6.58 Å². The van der Waals surface area contributed by atoms with Gasteiger partial charge in [-0.25, -0.2) is 4.79 Å². The SMILES string of the molecule is C=C(C)C(=O)OCCN(C)S(=O)(=O)OC(F)(F)C(F)(F)C(F)(F)C(F)(F)F. The summed E-state index contributed by atoms with van der Waals surface area (Å²) in [4.78, 5) is 11.0. The first-order valence-electron chi connectivity index (χ1n) is 6.40. The second kappa shape index (κ2) is 7.83. The van der Waals surface area contributed by atoms with E-state index in [-0.39, 0.29) is 9.88 Å². The van der Waals surface area contributed by atoms with E-state index in [2.05, 4.69) is 15.5 Å². The van der Waals surface area contributed by atoms with Crippen LogP contribution in [0.15, 0.2) is 12.2 Å². The number of nitrogens with zero attached hydrogens (tertiary/aromatic N) is 1. The van der Waals surface area contributed by atoms with Crippen LogP contribution in [0.5, 0.6) is 0 Å². The predicted octanol–water partition coefficient (Wildman–Crippen LogP) is 2.72. The van der Waals surface area contributed by atoms with Crippen molar-refractivity contribution in [3.05, 3.63) is 12.2 Å². The van der Waals surface area contributed by atoms with Crippen molar-refractivity contribution >= 4 is 16.3 Å². The Kier molecular flexibility index (Phi) is 7.38. The van der Waals surface area contributed by atoms with Gasteiger partial charge in [0.2, 0.25) is 0 Å². The van der Waals surface area contributed by atoms with Crippen molar-refractivity contribution < 1.29 is 61.6 Å². The van der Waals surface area contributed by atoms with Gasteiger partial charge >= 0.3 is 40.4 Å². The van der Waals surface area contributed by atoms with Gasteiger partial charge in [-0.2, -0.15) is 56.4 Å². The van der Waals surface area contributed by atoms with Crippen LogP contribution in [0.4, 0.5) is 39.5 Å². The Bertz CT molecular complexity index is 674. The Morgan fingerprint density at radius 1 is 1.00 bits per heavy atom. The second-order valence-electron chi connectivity index (χ2n) is 4.94. The van der Waals surface area contributed by atoms with Gasteiger partial charge in [0, 0.05) is 19.2 Å². The lowest BCUT2D eigenvalue weighted by molar-refractivity contribution is -0.428. The lowest BCUT2D eigenvalue weighted by Crippen LogP contribution is -2.62. The van der Waals surface area contributed by atoms with E-state index in [1.165, 1.54) is 6.92 Å². The molecule has 0 N–H and O–H groups in total. The first-order valence-corrected chi connectivity index (χ1v) is 7.77. The third-order valence-corrected chi connectivity index (χ3v) is 4.06. The highest BCUT2D eigenvalue weighted by Gasteiger charge is 2.83. The molecule has 0 unspecified atom stereocenters. The zero-order valence-corrected chi connectivity index (χ0v) is 14.2. The molecule has 0 aliphatic heterocycles. The molecular weight excluding hydrogens is 429 g/mol. The quantitative estimate of drug-likeness (QED) is 0.313. The van der Waals surface area contributed by atoms with E-state index in [9.17, 15) is 52.7 Å². The van der Waals surface area contributed by atoms with Gasteiger partial charge in [-0.3, -0.25) is 0 Å². The molecule has 27 heavy (non-hydrogen) atoms. The van der Waals surface area contributed by atoms with Gasteiger partial charge in [0.25, 0.3) is 0 Å². The molecule has 0 saturated carbocycles. The lowest BCUT2D eigenvalue weighted by Gasteiger charge is -2.33. The number of alkyl halides is 9. The van der Waals surface area contributed by atoms with Crippen LogP contribution < -0.4 is 0 Å². The smallest absolute Gasteiger partial charge is 0.460 e. The van der Waals surface area contributed by atoms with Crippen LogP contribution >= 0.6 is 0 Å². The molecule has 0 aliphatic carbocycles. The number of hydrogen-bond donors (Lipinski definition) is 0. The van der Waals surface area contributed by atoms with E-state index in [0.717, 1.165) is 0 Å². The van der Waals surface area contributed by atoms with Gasteiger partial charge in [-0.15, -0.1) is 0 Å². The van der Waals surface area contributed by atoms with Crippen LogP contribution in [0.1, 0.15) is 6.92 Å². The Morgan fingerprint density at radius 3 is 1.81 bits per heavy atom. The third kappa shape index (κ3) is 5.47. The molecule has 0 rings (SSSR count). The zero-order chi connectivity index (χ0) is 22.1. The summed E-state index contributed by atoms with van der Waals surface area (Å²) < 4.78 is 143. The Hall–Kier alpha value is -1.55. The lowest BCUT2D eigenvalue weighted by atomic mass is 10.1. The molecule has 0 atom stereocenters. The maximum Gasteiger partial charge on any atom is 0.460 e. The van der Waals surface area contributed by atoms with Gasteiger partial charge < -0.3 is 4.74 Å². The fraction of sp³-hybridized carbons (Fsp3) is 0.727. The topological polar surface area (TPSA) is 72.9 Å². The first kappa shape index (κ1) is 25.4. The van der Waals surface area contributed by atoms with Crippen molar-refractivity contribution in [2.24, 2.45) is 0 Å². The van der Waals surface area contributed by atoms with Crippen molar-refractivity contribution in [1.82, 2.24) is 4.31 Å². The standard InChI is InChI=1S/C11H12F9NO5S/c1-6(2)7(22)25-5-4-21(3)27(23,24)26-11(19,20)9(14,15)8(12,13)10(16,17)18/h1,4-5H2,2-3H3. The summed E-state index contributed by atoms with van der Waals surface area (Å²) in [7, 11) is -5.52. The molecule has 0 aromatic heterocycles. The van der Waals surface area contributed by atoms with Gasteiger partial charge in [0.05, 0.1) is 0 Å². The summed E-state index contributed by atoms with van der Waals surface area (Å²) >= 11 is 0. The zero-order valence-electron chi connectivity index (χ0n) is 13.4. The van der Waals surface area contributed by atoms with Gasteiger partial charge in [0.1, 0.15) is 6.61 Å². The number of carbonyl (C=O) groups excluding carboxylic acids is 1. The molecule has 0 heterocycles. The second-order valence-corrected chi connectivity index (χ2v) is 6.59. The number of esters is 1. The summed E-state index contributed by atoms with van der Waals surface area (Å²) in [5.41, 5.74) is -0.141. The fourth-order valence-electron chi connectivity index (χ4n) is 1.11. The highest BCUT2D eigenvalue weighted by Crippen LogP contribution is 2.53. The molecule has 0 spiro atoms. The summed E-state index contributed by atoms with van der Waals surface area (Å²) in [6.45, 7) is 2.52. The van der Waals surface area contributed by atoms with Crippen LogP contribution in [0.2, 0.25) is 0 Å². The van der Waals surface area contributed by atoms with Crippen molar-refractivity contribution in [2.45, 2.75) is 31.1 Å². The maximum absolute atomic E-state index is 13.2. The predicted molar refractivity (Wildman–Crippen MR) is 69.3 cm³/mol. The average Bonchev–Trinajstić information content (AvgIpc) is 2.43. The van der Waals surface area contributed by atoms with E-state index >= 15 is 0 Å². The minimum atomic E-state index is -7.31. The summed E-state index contributed by atoms with van der Waals surface area (Å²) in [5, 5.41) is 0. The monoisotopic (exact) mass is 441 g/mol. The van der Waals surface area contributed by atoms with Crippen molar-refractivity contribution in [3.63, 3.8) is 0 Å². The molecule has 160 valence electrons. The van der Waals surface area contributed by atoms with E-state index in [1.54, 1.807) is 0 Å². The first-order chi connectivity index (χ1) is 11.7. The molecule has 16 heteroatoms.